The van der Waals surface area contributed by atoms with Gasteiger partial charge in [0, 0.05) is 35.2 Å². The van der Waals surface area contributed by atoms with Crippen molar-refractivity contribution in [3.63, 3.8) is 0 Å². The van der Waals surface area contributed by atoms with E-state index in [4.69, 9.17) is 4.74 Å². The second-order valence-electron chi connectivity index (χ2n) is 10.3. The number of aromatic nitrogens is 4. The number of rotatable bonds is 4. The van der Waals surface area contributed by atoms with E-state index in [2.05, 4.69) is 36.4 Å². The molecule has 4 aromatic rings. The number of hydrogen-bond acceptors (Lipinski definition) is 6. The average Bonchev–Trinajstić information content (AvgIpc) is 3.43. The zero-order chi connectivity index (χ0) is 27.2. The van der Waals surface area contributed by atoms with E-state index in [1.807, 2.05) is 24.3 Å². The van der Waals surface area contributed by atoms with Crippen molar-refractivity contribution in [2.75, 3.05) is 13.1 Å². The molecule has 2 atom stereocenters. The Balaban J connectivity index is 1.44. The minimum atomic E-state index is -4.55. The SMILES string of the molecule is CC(C)(C)OC(=O)N[C@H]1CCN([C@H](c2ccc3nnc(-c4ccc5ccc(Br)cc5n4)n3c2)C(F)(F)F)C1. The summed E-state index contributed by atoms with van der Waals surface area (Å²) in [7, 11) is 0. The number of nitrogens with one attached hydrogen (secondary N) is 1. The number of alkyl halides is 3. The Morgan fingerprint density at radius 3 is 2.63 bits per heavy atom. The van der Waals surface area contributed by atoms with E-state index < -0.39 is 30.0 Å². The third-order valence-corrected chi connectivity index (χ3v) is 6.73. The Hall–Kier alpha value is -3.25. The van der Waals surface area contributed by atoms with Crippen LogP contribution in [0.15, 0.2) is 53.1 Å². The normalized spacial score (nSPS) is 17.7. The van der Waals surface area contributed by atoms with Gasteiger partial charge in [-0.25, -0.2) is 9.78 Å². The minimum Gasteiger partial charge on any atom is -0.444 e. The molecule has 1 aromatic carbocycles. The van der Waals surface area contributed by atoms with Gasteiger partial charge in [-0.2, -0.15) is 13.2 Å². The quantitative estimate of drug-likeness (QED) is 0.318. The number of amides is 1. The molecule has 0 saturated carbocycles. The van der Waals surface area contributed by atoms with Crippen LogP contribution in [-0.4, -0.2) is 61.5 Å². The summed E-state index contributed by atoms with van der Waals surface area (Å²) in [6.45, 7) is 5.40. The molecule has 5 rings (SSSR count). The van der Waals surface area contributed by atoms with Gasteiger partial charge in [0.15, 0.2) is 11.5 Å². The zero-order valence-electron chi connectivity index (χ0n) is 21.0. The first-order valence-corrected chi connectivity index (χ1v) is 12.9. The molecule has 0 aliphatic carbocycles. The first-order chi connectivity index (χ1) is 17.9. The fourth-order valence-corrected chi connectivity index (χ4v) is 5.03. The van der Waals surface area contributed by atoms with Crippen LogP contribution in [0.3, 0.4) is 0 Å². The highest BCUT2D eigenvalue weighted by atomic mass is 79.9. The van der Waals surface area contributed by atoms with Crippen molar-refractivity contribution in [3.8, 4) is 11.5 Å². The lowest BCUT2D eigenvalue weighted by atomic mass is 10.1. The number of nitrogens with zero attached hydrogens (tertiary/aromatic N) is 5. The molecule has 1 fully saturated rings. The molecule has 3 aromatic heterocycles. The number of hydrogen-bond donors (Lipinski definition) is 1. The van der Waals surface area contributed by atoms with E-state index in [-0.39, 0.29) is 18.7 Å². The van der Waals surface area contributed by atoms with Gasteiger partial charge in [-0.05, 0) is 57.0 Å². The molecule has 0 radical (unpaired) electrons. The maximum absolute atomic E-state index is 14.4. The molecule has 1 saturated heterocycles. The van der Waals surface area contributed by atoms with Gasteiger partial charge in [-0.15, -0.1) is 10.2 Å². The predicted octanol–water partition coefficient (Wildman–Crippen LogP) is 5.91. The second-order valence-corrected chi connectivity index (χ2v) is 11.2. The van der Waals surface area contributed by atoms with Crippen molar-refractivity contribution in [2.24, 2.45) is 0 Å². The number of ether oxygens (including phenoxy) is 1. The second kappa shape index (κ2) is 9.81. The van der Waals surface area contributed by atoms with Crippen molar-refractivity contribution in [1.82, 2.24) is 29.8 Å². The molecule has 12 heteroatoms. The van der Waals surface area contributed by atoms with Crippen molar-refractivity contribution in [2.45, 2.75) is 51.1 Å². The number of carbonyl (C=O) groups is 1. The molecule has 1 aliphatic heterocycles. The third kappa shape index (κ3) is 5.60. The standard InChI is InChI=1S/C26H26BrF3N6O2/c1-25(2,3)38-24(37)31-18-10-11-35(14-18)22(26(28,29)30)16-6-9-21-33-34-23(36(21)13-16)19-8-5-15-4-7-17(27)12-20(15)32-19/h4-9,12-13,18,22H,10-11,14H2,1-3H3,(H,31,37)/t18-,22+/m0/s1. The first-order valence-electron chi connectivity index (χ1n) is 12.1. The van der Waals surface area contributed by atoms with Crippen molar-refractivity contribution in [1.29, 1.82) is 0 Å². The van der Waals surface area contributed by atoms with Crippen molar-refractivity contribution >= 4 is 38.6 Å². The summed E-state index contributed by atoms with van der Waals surface area (Å²) < 4.78 is 50.9. The molecular weight excluding hydrogens is 565 g/mol. The highest BCUT2D eigenvalue weighted by Gasteiger charge is 2.47. The summed E-state index contributed by atoms with van der Waals surface area (Å²) in [6.07, 6.45) is -3.39. The number of benzene rings is 1. The Morgan fingerprint density at radius 2 is 1.89 bits per heavy atom. The molecular formula is C26H26BrF3N6O2. The van der Waals surface area contributed by atoms with Gasteiger partial charge in [-0.3, -0.25) is 9.30 Å². The van der Waals surface area contributed by atoms with E-state index in [9.17, 15) is 18.0 Å². The van der Waals surface area contributed by atoms with Crippen LogP contribution in [0.25, 0.3) is 28.1 Å². The lowest BCUT2D eigenvalue weighted by Gasteiger charge is -2.30. The minimum absolute atomic E-state index is 0.0393. The maximum atomic E-state index is 14.4. The Morgan fingerprint density at radius 1 is 1.13 bits per heavy atom. The van der Waals surface area contributed by atoms with Crippen LogP contribution in [-0.2, 0) is 4.74 Å². The Kier molecular flexibility index (Phi) is 6.80. The number of alkyl carbamates (subject to hydrolysis) is 1. The zero-order valence-corrected chi connectivity index (χ0v) is 22.5. The number of carbonyl (C=O) groups excluding carboxylic acids is 1. The summed E-state index contributed by atoms with van der Waals surface area (Å²) in [4.78, 5) is 18.1. The van der Waals surface area contributed by atoms with Gasteiger partial charge < -0.3 is 10.1 Å². The smallest absolute Gasteiger partial charge is 0.408 e. The van der Waals surface area contributed by atoms with Crippen LogP contribution >= 0.6 is 15.9 Å². The van der Waals surface area contributed by atoms with E-state index >= 15 is 0 Å². The molecule has 1 N–H and O–H groups in total. The summed E-state index contributed by atoms with van der Waals surface area (Å²) in [5, 5.41) is 12.0. The summed E-state index contributed by atoms with van der Waals surface area (Å²) in [6, 6.07) is 9.97. The van der Waals surface area contributed by atoms with Crippen LogP contribution in [0.4, 0.5) is 18.0 Å². The topological polar surface area (TPSA) is 84.6 Å². The van der Waals surface area contributed by atoms with E-state index in [1.54, 1.807) is 26.8 Å². The number of likely N-dealkylation sites (tertiary alicyclic amines) is 1. The van der Waals surface area contributed by atoms with Crippen molar-refractivity contribution in [3.05, 3.63) is 58.7 Å². The molecule has 0 unspecified atom stereocenters. The molecule has 1 amide bonds. The van der Waals surface area contributed by atoms with Crippen LogP contribution in [0.1, 0.15) is 38.8 Å². The molecule has 1 aliphatic rings. The van der Waals surface area contributed by atoms with Gasteiger partial charge >= 0.3 is 12.3 Å². The summed E-state index contributed by atoms with van der Waals surface area (Å²) in [5.41, 5.74) is 0.975. The van der Waals surface area contributed by atoms with Crippen LogP contribution in [0, 0.1) is 0 Å². The molecule has 8 nitrogen and oxygen atoms in total. The Labute approximate surface area is 225 Å². The molecule has 4 heterocycles. The highest BCUT2D eigenvalue weighted by Crippen LogP contribution is 2.40. The van der Waals surface area contributed by atoms with Gasteiger partial charge in [0.2, 0.25) is 0 Å². The van der Waals surface area contributed by atoms with Gasteiger partial charge in [0.05, 0.1) is 5.52 Å². The molecule has 200 valence electrons. The molecule has 0 bridgehead atoms. The van der Waals surface area contributed by atoms with Gasteiger partial charge in [0.25, 0.3) is 0 Å². The van der Waals surface area contributed by atoms with Gasteiger partial charge in [0.1, 0.15) is 17.3 Å². The average molecular weight is 591 g/mol. The summed E-state index contributed by atoms with van der Waals surface area (Å²) in [5.74, 6) is 0.343. The number of fused-ring (bicyclic) bond motifs is 2. The van der Waals surface area contributed by atoms with Gasteiger partial charge in [-0.1, -0.05) is 34.1 Å². The van der Waals surface area contributed by atoms with Crippen LogP contribution in [0.5, 0.6) is 0 Å². The predicted molar refractivity (Wildman–Crippen MR) is 140 cm³/mol. The van der Waals surface area contributed by atoms with Crippen molar-refractivity contribution < 1.29 is 22.7 Å². The molecule has 0 spiro atoms. The van der Waals surface area contributed by atoms with E-state index in [0.29, 0.717) is 23.6 Å². The summed E-state index contributed by atoms with van der Waals surface area (Å²) >= 11 is 3.44. The largest absolute Gasteiger partial charge is 0.444 e. The fourth-order valence-electron chi connectivity index (χ4n) is 4.68. The number of pyridine rings is 2. The highest BCUT2D eigenvalue weighted by molar-refractivity contribution is 9.10. The Bertz CT molecular complexity index is 1500. The maximum Gasteiger partial charge on any atom is 0.408 e. The van der Waals surface area contributed by atoms with E-state index in [0.717, 1.165) is 15.4 Å². The first kappa shape index (κ1) is 26.4. The van der Waals surface area contributed by atoms with Crippen LogP contribution in [0.2, 0.25) is 0 Å². The number of halogens is 4. The third-order valence-electron chi connectivity index (χ3n) is 6.24. The van der Waals surface area contributed by atoms with Crippen LogP contribution < -0.4 is 5.32 Å². The van der Waals surface area contributed by atoms with E-state index in [1.165, 1.54) is 27.6 Å². The monoisotopic (exact) mass is 590 g/mol. The lowest BCUT2D eigenvalue weighted by Crippen LogP contribution is -2.42. The lowest BCUT2D eigenvalue weighted by molar-refractivity contribution is -0.184. The molecule has 38 heavy (non-hydrogen) atoms. The fraction of sp³-hybridized carbons (Fsp3) is 0.385.